The van der Waals surface area contributed by atoms with Crippen LogP contribution in [0.3, 0.4) is 0 Å². The van der Waals surface area contributed by atoms with Crippen LogP contribution in [0.5, 0.6) is 5.75 Å². The number of aliphatic hydroxyl groups is 1. The first kappa shape index (κ1) is 24.9. The monoisotopic (exact) mass is 547 g/mol. The maximum atomic E-state index is 13.1. The van der Waals surface area contributed by atoms with E-state index in [4.69, 9.17) is 4.74 Å². The zero-order valence-corrected chi connectivity index (χ0v) is 21.4. The summed E-state index contributed by atoms with van der Waals surface area (Å²) < 4.78 is 32.9. The third kappa shape index (κ3) is 4.07. The Morgan fingerprint density at radius 1 is 1.02 bits per heavy atom. The van der Waals surface area contributed by atoms with E-state index >= 15 is 0 Å². The zero-order valence-electron chi connectivity index (χ0n) is 21.4. The fourth-order valence-corrected chi connectivity index (χ4v) is 6.96. The molecule has 3 aliphatic rings. The van der Waals surface area contributed by atoms with Gasteiger partial charge in [0.15, 0.2) is 0 Å². The van der Waals surface area contributed by atoms with Crippen molar-refractivity contribution < 1.29 is 28.5 Å². The van der Waals surface area contributed by atoms with Crippen molar-refractivity contribution >= 4 is 17.6 Å². The van der Waals surface area contributed by atoms with E-state index in [0.717, 1.165) is 29.7 Å². The molecule has 9 nitrogen and oxygen atoms in total. The SMILES string of the molecule is O=C(O)C1C2CCC1CN(c1ncc(-c3ccc4nc5c(n4c3)C(c3ccccc3OC(F)F)CC5O)cn1)C2. The van der Waals surface area contributed by atoms with Crippen LogP contribution in [0.1, 0.15) is 48.2 Å². The summed E-state index contributed by atoms with van der Waals surface area (Å²) in [4.78, 5) is 27.6. The van der Waals surface area contributed by atoms with Crippen molar-refractivity contribution in [2.75, 3.05) is 18.0 Å². The van der Waals surface area contributed by atoms with E-state index in [1.165, 1.54) is 6.07 Å². The Morgan fingerprint density at radius 3 is 2.45 bits per heavy atom. The van der Waals surface area contributed by atoms with Crippen LogP contribution in [-0.4, -0.2) is 55.2 Å². The smallest absolute Gasteiger partial charge is 0.387 e. The number of benzene rings is 1. The van der Waals surface area contributed by atoms with E-state index in [-0.39, 0.29) is 29.4 Å². The maximum Gasteiger partial charge on any atom is 0.387 e. The Bertz CT molecular complexity index is 1580. The van der Waals surface area contributed by atoms with Crippen LogP contribution in [-0.2, 0) is 4.79 Å². The molecule has 4 atom stereocenters. The molecule has 0 spiro atoms. The number of fused-ring (bicyclic) bond motifs is 5. The fraction of sp³-hybridized carbons (Fsp3) is 0.379. The summed E-state index contributed by atoms with van der Waals surface area (Å²) in [6.45, 7) is -1.68. The number of ether oxygens (including phenoxy) is 1. The van der Waals surface area contributed by atoms with Crippen molar-refractivity contribution in [1.82, 2.24) is 19.4 Å². The minimum atomic E-state index is -2.96. The summed E-state index contributed by atoms with van der Waals surface area (Å²) in [5, 5.41) is 20.4. The van der Waals surface area contributed by atoms with E-state index in [0.29, 0.717) is 42.4 Å². The molecule has 4 aromatic rings. The van der Waals surface area contributed by atoms with Gasteiger partial charge in [-0.25, -0.2) is 15.0 Å². The predicted molar refractivity (Wildman–Crippen MR) is 140 cm³/mol. The first-order chi connectivity index (χ1) is 19.4. The number of aliphatic carboxylic acids is 1. The van der Waals surface area contributed by atoms with Gasteiger partial charge in [-0.3, -0.25) is 4.79 Å². The fourth-order valence-electron chi connectivity index (χ4n) is 6.96. The minimum Gasteiger partial charge on any atom is -0.481 e. The van der Waals surface area contributed by atoms with Crippen LogP contribution in [0.2, 0.25) is 0 Å². The summed E-state index contributed by atoms with van der Waals surface area (Å²) in [5.41, 5.74) is 4.10. The molecule has 2 fully saturated rings. The Morgan fingerprint density at radius 2 is 1.75 bits per heavy atom. The molecule has 2 N–H and O–H groups in total. The Kier molecular flexibility index (Phi) is 5.92. The molecule has 2 aliphatic carbocycles. The number of alkyl halides is 2. The van der Waals surface area contributed by atoms with Crippen molar-refractivity contribution in [3.05, 3.63) is 71.9 Å². The standard InChI is InChI=1S/C29H27F2N5O4/c30-28(31)40-22-4-2-1-3-19(22)20-9-21(37)25-26(20)36-14-15(7-8-23(36)34-25)18-10-32-29(33-11-18)35-12-16-5-6-17(13-35)24(16)27(38)39/h1-4,7-8,10-11,14,16-17,20-21,24,28,37H,5-6,9,12-13H2,(H,38,39). The molecule has 3 aromatic heterocycles. The van der Waals surface area contributed by atoms with E-state index in [1.807, 2.05) is 22.7 Å². The highest BCUT2D eigenvalue weighted by molar-refractivity contribution is 5.72. The molecule has 11 heteroatoms. The number of carboxylic acids is 1. The van der Waals surface area contributed by atoms with Gasteiger partial charge >= 0.3 is 12.6 Å². The Hall–Kier alpha value is -4.12. The molecule has 2 bridgehead atoms. The van der Waals surface area contributed by atoms with Crippen LogP contribution in [0.4, 0.5) is 14.7 Å². The summed E-state index contributed by atoms with van der Waals surface area (Å²) in [7, 11) is 0. The average molecular weight is 548 g/mol. The van der Waals surface area contributed by atoms with Crippen molar-refractivity contribution in [2.24, 2.45) is 17.8 Å². The number of carboxylic acid groups (broad SMARTS) is 1. The number of anilines is 1. The van der Waals surface area contributed by atoms with Gasteiger partial charge in [0.2, 0.25) is 5.95 Å². The van der Waals surface area contributed by atoms with E-state index < -0.39 is 18.7 Å². The molecule has 1 aromatic carbocycles. The van der Waals surface area contributed by atoms with E-state index in [2.05, 4.69) is 19.9 Å². The third-order valence-electron chi connectivity index (χ3n) is 8.67. The van der Waals surface area contributed by atoms with Gasteiger partial charge in [-0.15, -0.1) is 0 Å². The second-order valence-electron chi connectivity index (χ2n) is 10.9. The number of hydrogen-bond acceptors (Lipinski definition) is 7. The number of pyridine rings is 1. The van der Waals surface area contributed by atoms with Crippen molar-refractivity contribution in [1.29, 1.82) is 0 Å². The van der Waals surface area contributed by atoms with Gasteiger partial charge in [0, 0.05) is 54.3 Å². The average Bonchev–Trinajstić information content (AvgIpc) is 3.57. The molecule has 0 radical (unpaired) electrons. The van der Waals surface area contributed by atoms with Gasteiger partial charge in [0.05, 0.1) is 23.4 Å². The van der Waals surface area contributed by atoms with Crippen molar-refractivity contribution in [3.63, 3.8) is 0 Å². The summed E-state index contributed by atoms with van der Waals surface area (Å²) in [6.07, 6.45) is 6.73. The quantitative estimate of drug-likeness (QED) is 0.363. The number of halogens is 2. The molecule has 1 saturated heterocycles. The number of para-hydroxylation sites is 1. The molecule has 7 rings (SSSR count). The lowest BCUT2D eigenvalue weighted by Gasteiger charge is -2.35. The number of rotatable bonds is 6. The van der Waals surface area contributed by atoms with Crippen LogP contribution >= 0.6 is 0 Å². The molecule has 1 aliphatic heterocycles. The third-order valence-corrected chi connectivity index (χ3v) is 8.67. The number of piperidine rings is 1. The van der Waals surface area contributed by atoms with Gasteiger partial charge in [-0.1, -0.05) is 18.2 Å². The number of aliphatic hydroxyl groups excluding tert-OH is 1. The highest BCUT2D eigenvalue weighted by atomic mass is 19.3. The molecule has 206 valence electrons. The largest absolute Gasteiger partial charge is 0.481 e. The number of nitrogens with zero attached hydrogens (tertiary/aromatic N) is 5. The van der Waals surface area contributed by atoms with Crippen molar-refractivity contribution in [2.45, 2.75) is 37.9 Å². The summed E-state index contributed by atoms with van der Waals surface area (Å²) >= 11 is 0. The number of imidazole rings is 1. The minimum absolute atomic E-state index is 0.0819. The normalized spacial score (nSPS) is 25.5. The molecule has 0 amide bonds. The first-order valence-electron chi connectivity index (χ1n) is 13.4. The molecule has 4 unspecified atom stereocenters. The number of hydrogen-bond donors (Lipinski definition) is 2. The Labute approximate surface area is 228 Å². The number of carbonyl (C=O) groups is 1. The Balaban J connectivity index is 1.20. The van der Waals surface area contributed by atoms with Gasteiger partial charge < -0.3 is 24.3 Å². The second-order valence-corrected chi connectivity index (χ2v) is 10.9. The van der Waals surface area contributed by atoms with Crippen LogP contribution < -0.4 is 9.64 Å². The van der Waals surface area contributed by atoms with E-state index in [9.17, 15) is 23.8 Å². The van der Waals surface area contributed by atoms with E-state index in [1.54, 1.807) is 30.6 Å². The van der Waals surface area contributed by atoms with Gasteiger partial charge in [0.1, 0.15) is 11.4 Å². The molecular weight excluding hydrogens is 520 g/mol. The predicted octanol–water partition coefficient (Wildman–Crippen LogP) is 4.51. The maximum absolute atomic E-state index is 13.1. The summed E-state index contributed by atoms with van der Waals surface area (Å²) in [6, 6.07) is 10.4. The zero-order chi connectivity index (χ0) is 27.5. The highest BCUT2D eigenvalue weighted by Crippen LogP contribution is 2.47. The molecule has 4 heterocycles. The van der Waals surface area contributed by atoms with Gasteiger partial charge in [-0.2, -0.15) is 8.78 Å². The van der Waals surface area contributed by atoms with Crippen LogP contribution in [0.25, 0.3) is 16.8 Å². The van der Waals surface area contributed by atoms with Crippen LogP contribution in [0, 0.1) is 17.8 Å². The molecule has 1 saturated carbocycles. The lowest BCUT2D eigenvalue weighted by molar-refractivity contribution is -0.144. The van der Waals surface area contributed by atoms with Gasteiger partial charge in [0.25, 0.3) is 0 Å². The number of aromatic nitrogens is 4. The highest BCUT2D eigenvalue weighted by Gasteiger charge is 2.46. The van der Waals surface area contributed by atoms with Gasteiger partial charge in [-0.05, 0) is 49.3 Å². The second kappa shape index (κ2) is 9.51. The topological polar surface area (TPSA) is 113 Å². The molecular formula is C29H27F2N5O4. The lowest BCUT2D eigenvalue weighted by atomic mass is 9.85. The van der Waals surface area contributed by atoms with Crippen LogP contribution in [0.15, 0.2) is 55.0 Å². The van der Waals surface area contributed by atoms with Crippen molar-refractivity contribution in [3.8, 4) is 16.9 Å². The summed E-state index contributed by atoms with van der Waals surface area (Å²) in [5.74, 6) is -0.464. The first-order valence-corrected chi connectivity index (χ1v) is 13.4. The lowest BCUT2D eigenvalue weighted by Crippen LogP contribution is -2.45. The molecule has 40 heavy (non-hydrogen) atoms.